The van der Waals surface area contributed by atoms with Crippen molar-refractivity contribution in [2.45, 2.75) is 19.3 Å². The van der Waals surface area contributed by atoms with Gasteiger partial charge >= 0.3 is 5.97 Å². The summed E-state index contributed by atoms with van der Waals surface area (Å²) in [5, 5.41) is 2.67. The first kappa shape index (κ1) is 13.5. The summed E-state index contributed by atoms with van der Waals surface area (Å²) in [6.07, 6.45) is 1.44. The van der Waals surface area contributed by atoms with Gasteiger partial charge in [0.25, 0.3) is 0 Å². The zero-order chi connectivity index (χ0) is 13.9. The number of esters is 1. The molecular weight excluding hydrogens is 249 g/mol. The van der Waals surface area contributed by atoms with Gasteiger partial charge in [-0.1, -0.05) is 18.2 Å². The second kappa shape index (κ2) is 5.38. The molecule has 0 heterocycles. The molecule has 1 aromatic rings. The van der Waals surface area contributed by atoms with Crippen LogP contribution in [0, 0.1) is 11.2 Å². The summed E-state index contributed by atoms with van der Waals surface area (Å²) in [6, 6.07) is 6.42. The molecule has 0 aliphatic heterocycles. The molecule has 1 aliphatic rings. The first-order chi connectivity index (χ1) is 9.10. The van der Waals surface area contributed by atoms with E-state index in [9.17, 15) is 14.0 Å². The van der Waals surface area contributed by atoms with Crippen LogP contribution >= 0.6 is 0 Å². The molecule has 0 bridgehead atoms. The number of rotatable bonds is 5. The van der Waals surface area contributed by atoms with Gasteiger partial charge in [-0.15, -0.1) is 0 Å². The summed E-state index contributed by atoms with van der Waals surface area (Å²) in [5.74, 6) is -1.10. The highest BCUT2D eigenvalue weighted by Crippen LogP contribution is 2.46. The van der Waals surface area contributed by atoms with Gasteiger partial charge in [-0.25, -0.2) is 4.39 Å². The third kappa shape index (κ3) is 2.75. The zero-order valence-corrected chi connectivity index (χ0v) is 10.7. The van der Waals surface area contributed by atoms with E-state index in [4.69, 9.17) is 0 Å². The van der Waals surface area contributed by atoms with Gasteiger partial charge in [-0.3, -0.25) is 9.59 Å². The van der Waals surface area contributed by atoms with Gasteiger partial charge < -0.3 is 10.1 Å². The fraction of sp³-hybridized carbons (Fsp3) is 0.429. The number of ether oxygens (including phenoxy) is 1. The lowest BCUT2D eigenvalue weighted by Crippen LogP contribution is -2.38. The highest BCUT2D eigenvalue weighted by molar-refractivity contribution is 6.05. The molecule has 1 fully saturated rings. The van der Waals surface area contributed by atoms with Gasteiger partial charge in [0.05, 0.1) is 7.11 Å². The maximum Gasteiger partial charge on any atom is 0.321 e. The van der Waals surface area contributed by atoms with Crippen molar-refractivity contribution in [3.05, 3.63) is 35.6 Å². The molecule has 5 heteroatoms. The van der Waals surface area contributed by atoms with Crippen molar-refractivity contribution in [1.82, 2.24) is 5.32 Å². The van der Waals surface area contributed by atoms with Gasteiger partial charge in [-0.2, -0.15) is 0 Å². The Kier molecular flexibility index (Phi) is 3.83. The molecule has 0 aromatic heterocycles. The van der Waals surface area contributed by atoms with Crippen LogP contribution in [0.15, 0.2) is 24.3 Å². The smallest absolute Gasteiger partial charge is 0.321 e. The summed E-state index contributed by atoms with van der Waals surface area (Å²) >= 11 is 0. The van der Waals surface area contributed by atoms with Crippen molar-refractivity contribution in [2.24, 2.45) is 5.41 Å². The van der Waals surface area contributed by atoms with Crippen LogP contribution in [0.4, 0.5) is 4.39 Å². The summed E-state index contributed by atoms with van der Waals surface area (Å²) in [5.41, 5.74) is -0.449. The minimum atomic E-state index is -0.996. The van der Waals surface area contributed by atoms with Gasteiger partial charge in [0.2, 0.25) is 5.91 Å². The molecular formula is C14H16FNO3. The van der Waals surface area contributed by atoms with Crippen LogP contribution in [0.25, 0.3) is 0 Å². The third-order valence-electron chi connectivity index (χ3n) is 3.40. The number of hydrogen-bond donors (Lipinski definition) is 1. The van der Waals surface area contributed by atoms with Crippen LogP contribution in [-0.4, -0.2) is 25.5 Å². The molecule has 1 aromatic carbocycles. The fourth-order valence-electron chi connectivity index (χ4n) is 2.03. The number of halogens is 1. The monoisotopic (exact) mass is 265 g/mol. The molecule has 1 amide bonds. The van der Waals surface area contributed by atoms with Crippen molar-refractivity contribution in [2.75, 3.05) is 13.7 Å². The average Bonchev–Trinajstić information content (AvgIpc) is 3.21. The Labute approximate surface area is 110 Å². The van der Waals surface area contributed by atoms with Crippen LogP contribution in [0.1, 0.15) is 18.4 Å². The van der Waals surface area contributed by atoms with Crippen LogP contribution in [0.3, 0.4) is 0 Å². The van der Waals surface area contributed by atoms with E-state index in [0.29, 0.717) is 31.4 Å². The summed E-state index contributed by atoms with van der Waals surface area (Å²) in [6.45, 7) is 0.304. The largest absolute Gasteiger partial charge is 0.468 e. The number of benzene rings is 1. The number of nitrogens with one attached hydrogen (secondary N) is 1. The fourth-order valence-corrected chi connectivity index (χ4v) is 2.03. The maximum atomic E-state index is 13.4. The number of methoxy groups -OCH3 is 1. The topological polar surface area (TPSA) is 55.4 Å². The summed E-state index contributed by atoms with van der Waals surface area (Å²) < 4.78 is 18.0. The van der Waals surface area contributed by atoms with E-state index in [-0.39, 0.29) is 11.7 Å². The lowest BCUT2D eigenvalue weighted by atomic mass is 10.1. The molecule has 19 heavy (non-hydrogen) atoms. The van der Waals surface area contributed by atoms with Crippen LogP contribution in [0.2, 0.25) is 0 Å². The molecule has 0 spiro atoms. The Balaban J connectivity index is 1.85. The predicted octanol–water partition coefficient (Wildman–Crippen LogP) is 1.44. The van der Waals surface area contributed by atoms with E-state index in [1.807, 2.05) is 0 Å². The van der Waals surface area contributed by atoms with E-state index in [0.717, 1.165) is 0 Å². The van der Waals surface area contributed by atoms with E-state index >= 15 is 0 Å². The lowest BCUT2D eigenvalue weighted by molar-refractivity contribution is -0.152. The average molecular weight is 265 g/mol. The van der Waals surface area contributed by atoms with Crippen molar-refractivity contribution >= 4 is 11.9 Å². The molecule has 0 unspecified atom stereocenters. The van der Waals surface area contributed by atoms with Gasteiger partial charge in [-0.05, 0) is 30.9 Å². The molecule has 4 nitrogen and oxygen atoms in total. The first-order valence-corrected chi connectivity index (χ1v) is 6.20. The van der Waals surface area contributed by atoms with E-state index < -0.39 is 11.4 Å². The lowest BCUT2D eigenvalue weighted by Gasteiger charge is -2.12. The highest BCUT2D eigenvalue weighted by Gasteiger charge is 2.57. The van der Waals surface area contributed by atoms with Crippen LogP contribution < -0.4 is 5.32 Å². The quantitative estimate of drug-likeness (QED) is 0.647. The standard InChI is InChI=1S/C14H16FNO3/c1-19-13(18)14(7-8-14)12(17)16-9-6-10-4-2-3-5-11(10)15/h2-5H,6-9H2,1H3,(H,16,17). The van der Waals surface area contributed by atoms with E-state index in [1.165, 1.54) is 13.2 Å². The van der Waals surface area contributed by atoms with Crippen molar-refractivity contribution in [3.63, 3.8) is 0 Å². The second-order valence-electron chi connectivity index (χ2n) is 4.67. The second-order valence-corrected chi connectivity index (χ2v) is 4.67. The molecule has 102 valence electrons. The number of amides is 1. The van der Waals surface area contributed by atoms with Crippen LogP contribution in [0.5, 0.6) is 0 Å². The first-order valence-electron chi connectivity index (χ1n) is 6.20. The van der Waals surface area contributed by atoms with Crippen molar-refractivity contribution < 1.29 is 18.7 Å². The van der Waals surface area contributed by atoms with Crippen molar-refractivity contribution in [1.29, 1.82) is 0 Å². The third-order valence-corrected chi connectivity index (χ3v) is 3.40. The van der Waals surface area contributed by atoms with Crippen LogP contribution in [-0.2, 0) is 20.7 Å². The molecule has 2 rings (SSSR count). The van der Waals surface area contributed by atoms with Gasteiger partial charge in [0, 0.05) is 6.54 Å². The van der Waals surface area contributed by atoms with Gasteiger partial charge in [0.15, 0.2) is 0 Å². The minimum Gasteiger partial charge on any atom is -0.468 e. The molecule has 0 saturated heterocycles. The number of carbonyl (C=O) groups excluding carboxylic acids is 2. The maximum absolute atomic E-state index is 13.4. The predicted molar refractivity (Wildman–Crippen MR) is 66.8 cm³/mol. The minimum absolute atomic E-state index is 0.286. The SMILES string of the molecule is COC(=O)C1(C(=O)NCCc2ccccc2F)CC1. The Bertz CT molecular complexity index is 497. The Morgan fingerprint density at radius 1 is 1.37 bits per heavy atom. The Hall–Kier alpha value is -1.91. The summed E-state index contributed by atoms with van der Waals surface area (Å²) in [4.78, 5) is 23.4. The van der Waals surface area contributed by atoms with E-state index in [1.54, 1.807) is 18.2 Å². The normalized spacial score (nSPS) is 15.7. The Morgan fingerprint density at radius 3 is 2.63 bits per heavy atom. The number of hydrogen-bond acceptors (Lipinski definition) is 3. The zero-order valence-electron chi connectivity index (χ0n) is 10.7. The molecule has 1 N–H and O–H groups in total. The molecule has 1 saturated carbocycles. The van der Waals surface area contributed by atoms with E-state index in [2.05, 4.69) is 10.1 Å². The molecule has 1 aliphatic carbocycles. The summed E-state index contributed by atoms with van der Waals surface area (Å²) in [7, 11) is 1.27. The molecule has 0 atom stereocenters. The van der Waals surface area contributed by atoms with Crippen molar-refractivity contribution in [3.8, 4) is 0 Å². The Morgan fingerprint density at radius 2 is 2.05 bits per heavy atom. The number of carbonyl (C=O) groups is 2. The molecule has 0 radical (unpaired) electrons. The van der Waals surface area contributed by atoms with Gasteiger partial charge in [0.1, 0.15) is 11.2 Å². The highest BCUT2D eigenvalue weighted by atomic mass is 19.1.